The summed E-state index contributed by atoms with van der Waals surface area (Å²) >= 11 is 0. The Morgan fingerprint density at radius 2 is 1.46 bits per heavy atom. The Labute approximate surface area is 146 Å². The van der Waals surface area contributed by atoms with Crippen LogP contribution in [-0.2, 0) is 16.0 Å². The van der Waals surface area contributed by atoms with Crippen molar-refractivity contribution < 1.29 is 32.7 Å². The second kappa shape index (κ2) is 7.81. The number of rotatable bonds is 6. The van der Waals surface area contributed by atoms with Gasteiger partial charge in [0.15, 0.2) is 5.78 Å². The molecule has 2 N–H and O–H groups in total. The second-order valence-electron chi connectivity index (χ2n) is 5.46. The van der Waals surface area contributed by atoms with E-state index in [0.717, 1.165) is 0 Å². The zero-order valence-electron chi connectivity index (χ0n) is 13.3. The van der Waals surface area contributed by atoms with Gasteiger partial charge in [-0.05, 0) is 5.56 Å². The minimum atomic E-state index is -5.17. The summed E-state index contributed by atoms with van der Waals surface area (Å²) in [6, 6.07) is 12.5. The lowest BCUT2D eigenvalue weighted by Crippen LogP contribution is -2.47. The monoisotopic (exact) mass is 365 g/mol. The summed E-state index contributed by atoms with van der Waals surface area (Å²) in [5.41, 5.74) is 1.19. The fourth-order valence-electron chi connectivity index (χ4n) is 2.22. The number of aliphatic carboxylic acids is 1. The first-order chi connectivity index (χ1) is 12.2. The highest BCUT2D eigenvalue weighted by atomic mass is 19.4. The number of ketones is 1. The molecule has 0 bridgehead atoms. The van der Waals surface area contributed by atoms with Crippen LogP contribution in [0.1, 0.15) is 21.5 Å². The molecule has 0 heterocycles. The van der Waals surface area contributed by atoms with Crippen LogP contribution in [0.5, 0.6) is 0 Å². The van der Waals surface area contributed by atoms with Gasteiger partial charge in [-0.2, -0.15) is 13.2 Å². The normalized spacial score (nSPS) is 12.3. The number of nitrogens with one attached hydrogen (secondary N) is 1. The van der Waals surface area contributed by atoms with Crippen LogP contribution in [0, 0.1) is 0 Å². The van der Waals surface area contributed by atoms with Crippen LogP contribution >= 0.6 is 0 Å². The van der Waals surface area contributed by atoms with E-state index in [9.17, 15) is 27.6 Å². The van der Waals surface area contributed by atoms with Crippen LogP contribution in [-0.4, -0.2) is 35.0 Å². The molecule has 1 atom stereocenters. The van der Waals surface area contributed by atoms with Gasteiger partial charge in [-0.3, -0.25) is 9.59 Å². The van der Waals surface area contributed by atoms with E-state index in [-0.39, 0.29) is 12.2 Å². The molecule has 2 aromatic carbocycles. The van der Waals surface area contributed by atoms with E-state index in [2.05, 4.69) is 0 Å². The van der Waals surface area contributed by atoms with Gasteiger partial charge >= 0.3 is 18.1 Å². The Morgan fingerprint density at radius 1 is 0.923 bits per heavy atom. The lowest BCUT2D eigenvalue weighted by Gasteiger charge is -2.16. The number of benzene rings is 2. The van der Waals surface area contributed by atoms with Crippen molar-refractivity contribution >= 4 is 17.7 Å². The summed E-state index contributed by atoms with van der Waals surface area (Å²) in [4.78, 5) is 34.3. The molecule has 0 spiro atoms. The van der Waals surface area contributed by atoms with Crippen molar-refractivity contribution in [3.8, 4) is 0 Å². The van der Waals surface area contributed by atoms with Crippen molar-refractivity contribution in [2.75, 3.05) is 0 Å². The number of carbonyl (C=O) groups is 3. The Kier molecular flexibility index (Phi) is 5.76. The van der Waals surface area contributed by atoms with E-state index in [1.54, 1.807) is 30.3 Å². The SMILES string of the molecule is O=C(c1ccccc1)c1ccc(CC(NC(=O)C(F)(F)F)C(=O)O)cc1. The van der Waals surface area contributed by atoms with Gasteiger partial charge in [-0.25, -0.2) is 4.79 Å². The Bertz CT molecular complexity index is 801. The first kappa shape index (κ1) is 19.2. The molecular weight excluding hydrogens is 351 g/mol. The van der Waals surface area contributed by atoms with Gasteiger partial charge in [0, 0.05) is 17.5 Å². The van der Waals surface area contributed by atoms with Crippen LogP contribution in [0.15, 0.2) is 54.6 Å². The van der Waals surface area contributed by atoms with Crippen molar-refractivity contribution in [1.29, 1.82) is 0 Å². The maximum absolute atomic E-state index is 12.3. The molecule has 1 unspecified atom stereocenters. The lowest BCUT2D eigenvalue weighted by atomic mass is 9.99. The van der Waals surface area contributed by atoms with Crippen LogP contribution < -0.4 is 5.32 Å². The Morgan fingerprint density at radius 3 is 1.96 bits per heavy atom. The van der Waals surface area contributed by atoms with Gasteiger partial charge in [0.25, 0.3) is 0 Å². The van der Waals surface area contributed by atoms with Crippen molar-refractivity contribution in [3.05, 3.63) is 71.3 Å². The number of carboxylic acid groups (broad SMARTS) is 1. The van der Waals surface area contributed by atoms with E-state index < -0.39 is 24.1 Å². The second-order valence-corrected chi connectivity index (χ2v) is 5.46. The lowest BCUT2D eigenvalue weighted by molar-refractivity contribution is -0.175. The smallest absolute Gasteiger partial charge is 0.471 e. The third-order valence-electron chi connectivity index (χ3n) is 3.55. The molecule has 0 fully saturated rings. The number of hydrogen-bond donors (Lipinski definition) is 2. The molecule has 0 saturated heterocycles. The number of amides is 1. The number of hydrogen-bond acceptors (Lipinski definition) is 3. The van der Waals surface area contributed by atoms with Crippen molar-refractivity contribution in [2.24, 2.45) is 0 Å². The molecular formula is C18H14F3NO4. The van der Waals surface area contributed by atoms with Gasteiger partial charge < -0.3 is 10.4 Å². The van der Waals surface area contributed by atoms with E-state index in [1.165, 1.54) is 29.6 Å². The molecule has 0 aliphatic carbocycles. The van der Waals surface area contributed by atoms with Gasteiger partial charge in [-0.1, -0.05) is 54.6 Å². The topological polar surface area (TPSA) is 83.5 Å². The van der Waals surface area contributed by atoms with Crippen LogP contribution in [0.4, 0.5) is 13.2 Å². The summed E-state index contributed by atoms with van der Waals surface area (Å²) < 4.78 is 36.8. The maximum atomic E-state index is 12.3. The molecule has 2 aromatic rings. The molecule has 0 aliphatic rings. The van der Waals surface area contributed by atoms with Gasteiger partial charge in [0.05, 0.1) is 0 Å². The molecule has 0 radical (unpaired) electrons. The van der Waals surface area contributed by atoms with Crippen LogP contribution in [0.2, 0.25) is 0 Å². The van der Waals surface area contributed by atoms with Gasteiger partial charge in [-0.15, -0.1) is 0 Å². The van der Waals surface area contributed by atoms with Gasteiger partial charge in [0.2, 0.25) is 0 Å². The maximum Gasteiger partial charge on any atom is 0.471 e. The Hall–Kier alpha value is -3.16. The molecule has 8 heteroatoms. The van der Waals surface area contributed by atoms with Crippen LogP contribution in [0.25, 0.3) is 0 Å². The third-order valence-corrected chi connectivity index (χ3v) is 3.55. The highest BCUT2D eigenvalue weighted by molar-refractivity contribution is 6.08. The van der Waals surface area contributed by atoms with E-state index >= 15 is 0 Å². The van der Waals surface area contributed by atoms with Crippen LogP contribution in [0.3, 0.4) is 0 Å². The zero-order valence-corrected chi connectivity index (χ0v) is 13.3. The molecule has 0 saturated carbocycles. The molecule has 0 aromatic heterocycles. The fourth-order valence-corrected chi connectivity index (χ4v) is 2.22. The number of carboxylic acids is 1. The summed E-state index contributed by atoms with van der Waals surface area (Å²) in [5.74, 6) is -4.15. The highest BCUT2D eigenvalue weighted by Gasteiger charge is 2.40. The zero-order chi connectivity index (χ0) is 19.3. The Balaban J connectivity index is 2.10. The molecule has 1 amide bonds. The number of halogens is 3. The minimum absolute atomic E-state index is 0.239. The van der Waals surface area contributed by atoms with E-state index in [1.807, 2.05) is 0 Å². The fraction of sp³-hybridized carbons (Fsp3) is 0.167. The first-order valence-electron chi connectivity index (χ1n) is 7.47. The summed E-state index contributed by atoms with van der Waals surface area (Å²) in [5, 5.41) is 10.4. The largest absolute Gasteiger partial charge is 0.480 e. The first-order valence-corrected chi connectivity index (χ1v) is 7.47. The minimum Gasteiger partial charge on any atom is -0.480 e. The summed E-state index contributed by atoms with van der Waals surface area (Å²) in [6.45, 7) is 0. The third kappa shape index (κ3) is 4.92. The molecule has 0 aliphatic heterocycles. The number of carbonyl (C=O) groups excluding carboxylic acids is 2. The predicted octanol–water partition coefficient (Wildman–Crippen LogP) is 2.59. The average molecular weight is 365 g/mol. The van der Waals surface area contributed by atoms with Crippen molar-refractivity contribution in [3.63, 3.8) is 0 Å². The summed E-state index contributed by atoms with van der Waals surface area (Å²) in [6.07, 6.45) is -5.52. The predicted molar refractivity (Wildman–Crippen MR) is 85.6 cm³/mol. The number of alkyl halides is 3. The van der Waals surface area contributed by atoms with E-state index in [4.69, 9.17) is 5.11 Å². The quantitative estimate of drug-likeness (QED) is 0.771. The highest BCUT2D eigenvalue weighted by Crippen LogP contribution is 2.16. The van der Waals surface area contributed by atoms with E-state index in [0.29, 0.717) is 16.7 Å². The molecule has 136 valence electrons. The molecule has 26 heavy (non-hydrogen) atoms. The molecule has 2 rings (SSSR count). The molecule has 5 nitrogen and oxygen atoms in total. The standard InChI is InChI=1S/C18H14F3NO4/c19-18(20,21)17(26)22-14(16(24)25)10-11-6-8-13(9-7-11)15(23)12-4-2-1-3-5-12/h1-9,14H,10H2,(H,22,26)(H,24,25). The van der Waals surface area contributed by atoms with Crippen molar-refractivity contribution in [2.45, 2.75) is 18.6 Å². The average Bonchev–Trinajstić information content (AvgIpc) is 2.61. The van der Waals surface area contributed by atoms with Crippen molar-refractivity contribution in [1.82, 2.24) is 5.32 Å². The summed E-state index contributed by atoms with van der Waals surface area (Å²) in [7, 11) is 0. The van der Waals surface area contributed by atoms with Gasteiger partial charge in [0.1, 0.15) is 6.04 Å².